The smallest absolute Gasteiger partial charge is 0.0924 e. The van der Waals surface area contributed by atoms with Crippen LogP contribution in [-0.4, -0.2) is 14.9 Å². The normalized spacial score (nSPS) is 14.4. The van der Waals surface area contributed by atoms with E-state index in [-0.39, 0.29) is 0 Å². The lowest BCUT2D eigenvalue weighted by Crippen LogP contribution is -2.25. The molecule has 1 N–H and O–H groups in total. The van der Waals surface area contributed by atoms with Gasteiger partial charge in [0.15, 0.2) is 0 Å². The summed E-state index contributed by atoms with van der Waals surface area (Å²) in [6.07, 6.45) is 0.378. The minimum absolute atomic E-state index is 0.378. The van der Waals surface area contributed by atoms with Crippen molar-refractivity contribution in [3.8, 4) is 0 Å². The molecule has 0 aliphatic carbocycles. The second-order valence-corrected chi connectivity index (χ2v) is 5.75. The van der Waals surface area contributed by atoms with Crippen molar-refractivity contribution >= 4 is 23.2 Å². The fraction of sp³-hybridized carbons (Fsp3) is 0.357. The molecule has 2 aromatic rings. The van der Waals surface area contributed by atoms with Crippen molar-refractivity contribution in [1.29, 1.82) is 0 Å². The third-order valence-electron chi connectivity index (χ3n) is 3.22. The highest BCUT2D eigenvalue weighted by molar-refractivity contribution is 6.32. The molecule has 2 rings (SSSR count). The Labute approximate surface area is 122 Å². The van der Waals surface area contributed by atoms with E-state index in [9.17, 15) is 5.11 Å². The third-order valence-corrected chi connectivity index (χ3v) is 3.95. The Balaban J connectivity index is 2.36. The Morgan fingerprint density at radius 3 is 2.58 bits per heavy atom. The van der Waals surface area contributed by atoms with Crippen molar-refractivity contribution in [2.45, 2.75) is 25.9 Å². The second-order valence-electron chi connectivity index (χ2n) is 4.93. The molecule has 19 heavy (non-hydrogen) atoms. The molecule has 0 radical (unpaired) electrons. The average Bonchev–Trinajstić information content (AvgIpc) is 2.56. The molecule has 5 heteroatoms. The molecule has 1 aromatic heterocycles. The molecule has 0 saturated heterocycles. The van der Waals surface area contributed by atoms with Crippen molar-refractivity contribution in [1.82, 2.24) is 9.78 Å². The predicted octanol–water partition coefficient (Wildman–Crippen LogP) is 3.49. The lowest BCUT2D eigenvalue weighted by molar-refractivity contribution is 0.0556. The number of aryl methyl sites for hydroxylation is 2. The maximum Gasteiger partial charge on any atom is 0.0924 e. The van der Waals surface area contributed by atoms with Crippen LogP contribution in [0.15, 0.2) is 24.3 Å². The quantitative estimate of drug-likeness (QED) is 0.942. The Hall–Kier alpha value is -1.03. The number of nitrogens with zero attached hydrogens (tertiary/aromatic N) is 2. The summed E-state index contributed by atoms with van der Waals surface area (Å²) in [5.74, 6) is 0. The molecule has 0 aliphatic rings. The van der Waals surface area contributed by atoms with Gasteiger partial charge in [0.25, 0.3) is 0 Å². The van der Waals surface area contributed by atoms with E-state index in [2.05, 4.69) is 5.10 Å². The zero-order valence-electron chi connectivity index (χ0n) is 11.1. The van der Waals surface area contributed by atoms with Crippen LogP contribution in [0.5, 0.6) is 0 Å². The lowest BCUT2D eigenvalue weighted by atomic mass is 9.91. The van der Waals surface area contributed by atoms with Gasteiger partial charge in [-0.15, -0.1) is 0 Å². The van der Waals surface area contributed by atoms with E-state index in [1.54, 1.807) is 23.7 Å². The molecule has 1 heterocycles. The number of hydrogen-bond donors (Lipinski definition) is 1. The van der Waals surface area contributed by atoms with Gasteiger partial charge in [-0.2, -0.15) is 5.10 Å². The average molecular weight is 299 g/mol. The van der Waals surface area contributed by atoms with Gasteiger partial charge in [-0.05, 0) is 31.5 Å². The Kier molecular flexibility index (Phi) is 3.90. The molecule has 1 atom stereocenters. The molecule has 0 amide bonds. The Bertz CT molecular complexity index is 605. The fourth-order valence-corrected chi connectivity index (χ4v) is 2.54. The summed E-state index contributed by atoms with van der Waals surface area (Å²) in [5.41, 5.74) is 1.29. The first-order valence-electron chi connectivity index (χ1n) is 5.97. The molecule has 0 fully saturated rings. The number of aromatic nitrogens is 2. The minimum Gasteiger partial charge on any atom is -0.385 e. The zero-order chi connectivity index (χ0) is 14.2. The minimum atomic E-state index is -1.05. The monoisotopic (exact) mass is 298 g/mol. The van der Waals surface area contributed by atoms with E-state index in [1.165, 1.54) is 0 Å². The summed E-state index contributed by atoms with van der Waals surface area (Å²) >= 11 is 12.2. The standard InChI is InChI=1S/C14H16Cl2N2O/c1-9-13(16)12(18(3)17-9)8-14(2,19)10-5-4-6-11(15)7-10/h4-7,19H,8H2,1-3H3. The highest BCUT2D eigenvalue weighted by Crippen LogP contribution is 2.30. The fourth-order valence-electron chi connectivity index (χ4n) is 2.12. The van der Waals surface area contributed by atoms with Crippen molar-refractivity contribution < 1.29 is 5.11 Å². The molecular weight excluding hydrogens is 283 g/mol. The number of halogens is 2. The van der Waals surface area contributed by atoms with Gasteiger partial charge in [-0.3, -0.25) is 4.68 Å². The van der Waals surface area contributed by atoms with Crippen molar-refractivity contribution in [2.24, 2.45) is 7.05 Å². The van der Waals surface area contributed by atoms with E-state index < -0.39 is 5.60 Å². The molecular formula is C14H16Cl2N2O. The molecule has 3 nitrogen and oxygen atoms in total. The van der Waals surface area contributed by atoms with Crippen LogP contribution in [0.3, 0.4) is 0 Å². The largest absolute Gasteiger partial charge is 0.385 e. The zero-order valence-corrected chi connectivity index (χ0v) is 12.6. The Morgan fingerprint density at radius 1 is 1.37 bits per heavy atom. The van der Waals surface area contributed by atoms with E-state index in [4.69, 9.17) is 23.2 Å². The molecule has 0 aliphatic heterocycles. The topological polar surface area (TPSA) is 38.0 Å². The van der Waals surface area contributed by atoms with Crippen molar-refractivity contribution in [3.05, 3.63) is 51.3 Å². The predicted molar refractivity (Wildman–Crippen MR) is 77.7 cm³/mol. The van der Waals surface area contributed by atoms with Gasteiger partial charge in [0.1, 0.15) is 0 Å². The van der Waals surface area contributed by atoms with Gasteiger partial charge >= 0.3 is 0 Å². The van der Waals surface area contributed by atoms with Crippen molar-refractivity contribution in [3.63, 3.8) is 0 Å². The van der Waals surface area contributed by atoms with Crippen LogP contribution < -0.4 is 0 Å². The number of aliphatic hydroxyl groups is 1. The van der Waals surface area contributed by atoms with Gasteiger partial charge in [-0.25, -0.2) is 0 Å². The summed E-state index contributed by atoms with van der Waals surface area (Å²) in [4.78, 5) is 0. The summed E-state index contributed by atoms with van der Waals surface area (Å²) < 4.78 is 1.71. The first kappa shape index (κ1) is 14.4. The molecule has 102 valence electrons. The van der Waals surface area contributed by atoms with E-state index in [0.717, 1.165) is 17.0 Å². The van der Waals surface area contributed by atoms with Gasteiger partial charge < -0.3 is 5.11 Å². The van der Waals surface area contributed by atoms with Crippen LogP contribution in [0.2, 0.25) is 10.0 Å². The van der Waals surface area contributed by atoms with Crippen LogP contribution in [-0.2, 0) is 19.1 Å². The first-order valence-corrected chi connectivity index (χ1v) is 6.73. The van der Waals surface area contributed by atoms with E-state index >= 15 is 0 Å². The summed E-state index contributed by atoms with van der Waals surface area (Å²) in [5, 5.41) is 16.1. The first-order chi connectivity index (χ1) is 8.81. The molecule has 1 aromatic carbocycles. The van der Waals surface area contributed by atoms with Crippen molar-refractivity contribution in [2.75, 3.05) is 0 Å². The van der Waals surface area contributed by atoms with Crippen LogP contribution in [0, 0.1) is 6.92 Å². The van der Waals surface area contributed by atoms with E-state index in [1.807, 2.05) is 26.1 Å². The third kappa shape index (κ3) is 2.94. The maximum absolute atomic E-state index is 10.7. The highest BCUT2D eigenvalue weighted by Gasteiger charge is 2.27. The lowest BCUT2D eigenvalue weighted by Gasteiger charge is -2.24. The van der Waals surface area contributed by atoms with Crippen LogP contribution in [0.1, 0.15) is 23.9 Å². The van der Waals surface area contributed by atoms with E-state index in [0.29, 0.717) is 16.5 Å². The molecule has 0 spiro atoms. The SMILES string of the molecule is Cc1nn(C)c(CC(C)(O)c2cccc(Cl)c2)c1Cl. The van der Waals surface area contributed by atoms with Crippen LogP contribution in [0.25, 0.3) is 0 Å². The number of benzene rings is 1. The van der Waals surface area contributed by atoms with Gasteiger partial charge in [-0.1, -0.05) is 35.3 Å². The van der Waals surface area contributed by atoms with Crippen LogP contribution in [0.4, 0.5) is 0 Å². The number of hydrogen-bond acceptors (Lipinski definition) is 2. The van der Waals surface area contributed by atoms with Crippen LogP contribution >= 0.6 is 23.2 Å². The maximum atomic E-state index is 10.7. The Morgan fingerprint density at radius 2 is 2.05 bits per heavy atom. The number of rotatable bonds is 3. The molecule has 0 bridgehead atoms. The summed E-state index contributed by atoms with van der Waals surface area (Å²) in [6, 6.07) is 7.21. The van der Waals surface area contributed by atoms with Gasteiger partial charge in [0, 0.05) is 18.5 Å². The van der Waals surface area contributed by atoms with Gasteiger partial charge in [0.05, 0.1) is 22.0 Å². The second kappa shape index (κ2) is 5.16. The molecule has 1 unspecified atom stereocenters. The highest BCUT2D eigenvalue weighted by atomic mass is 35.5. The van der Waals surface area contributed by atoms with Gasteiger partial charge in [0.2, 0.25) is 0 Å². The summed E-state index contributed by atoms with van der Waals surface area (Å²) in [7, 11) is 1.82. The summed E-state index contributed by atoms with van der Waals surface area (Å²) in [6.45, 7) is 3.59. The molecule has 0 saturated carbocycles.